The maximum absolute atomic E-state index is 11.4. The number of hydrogen-bond acceptors (Lipinski definition) is 6. The Hall–Kier alpha value is -3.69. The molecule has 7 nitrogen and oxygen atoms in total. The molecule has 0 fully saturated rings. The molecule has 244 valence electrons. The molecular weight excluding hydrogens is 596 g/mol. The summed E-state index contributed by atoms with van der Waals surface area (Å²) in [5.41, 5.74) is 9.51. The van der Waals surface area contributed by atoms with Crippen molar-refractivity contribution in [1.29, 1.82) is 0 Å². The smallest absolute Gasteiger partial charge is 0.294 e. The summed E-state index contributed by atoms with van der Waals surface area (Å²) in [6.07, 6.45) is 8.33. The first kappa shape index (κ1) is 33.7. The van der Waals surface area contributed by atoms with Crippen LogP contribution in [0.4, 0.5) is 0 Å². The number of hydrazine groups is 1. The Morgan fingerprint density at radius 2 is 1.48 bits per heavy atom. The third kappa shape index (κ3) is 9.66. The molecule has 1 atom stereocenters. The van der Waals surface area contributed by atoms with E-state index >= 15 is 0 Å². The van der Waals surface area contributed by atoms with Gasteiger partial charge in [0.2, 0.25) is 0 Å². The molecule has 4 aromatic carbocycles. The van der Waals surface area contributed by atoms with Crippen molar-refractivity contribution in [2.45, 2.75) is 82.4 Å². The van der Waals surface area contributed by atoms with Gasteiger partial charge in [-0.25, -0.2) is 5.01 Å². The number of benzene rings is 4. The average molecular weight is 643 g/mol. The number of nitrogens with zero attached hydrogens (tertiary/aromatic N) is 1. The first-order valence-corrected chi connectivity index (χ1v) is 17.9. The highest BCUT2D eigenvalue weighted by molar-refractivity contribution is 7.85. The van der Waals surface area contributed by atoms with Gasteiger partial charge < -0.3 is 9.47 Å². The van der Waals surface area contributed by atoms with E-state index in [-0.39, 0.29) is 4.90 Å². The summed E-state index contributed by atoms with van der Waals surface area (Å²) in [6, 6.07) is 31.5. The minimum absolute atomic E-state index is 0.0802. The largest absolute Gasteiger partial charge is 0.485 e. The topological polar surface area (TPSA) is 88.1 Å². The van der Waals surface area contributed by atoms with Gasteiger partial charge in [0.1, 0.15) is 13.2 Å². The van der Waals surface area contributed by atoms with E-state index in [9.17, 15) is 13.0 Å². The monoisotopic (exact) mass is 642 g/mol. The number of unbranched alkanes of at least 4 members (excludes halogenated alkanes) is 3. The van der Waals surface area contributed by atoms with Crippen LogP contribution in [0, 0.1) is 0 Å². The van der Waals surface area contributed by atoms with Crippen LogP contribution in [0.3, 0.4) is 0 Å². The highest BCUT2D eigenvalue weighted by atomic mass is 32.2. The van der Waals surface area contributed by atoms with Crippen LogP contribution in [0.15, 0.2) is 102 Å². The zero-order valence-electron chi connectivity index (χ0n) is 26.7. The fraction of sp³-hybridized carbons (Fsp3) is 0.368. The Morgan fingerprint density at radius 1 is 0.804 bits per heavy atom. The van der Waals surface area contributed by atoms with Crippen LogP contribution in [0.1, 0.15) is 66.8 Å². The number of nitrogens with one attached hydrogen (secondary N) is 1. The second kappa shape index (κ2) is 16.7. The Labute approximate surface area is 274 Å². The summed E-state index contributed by atoms with van der Waals surface area (Å²) in [6.45, 7) is 4.91. The minimum Gasteiger partial charge on any atom is -0.485 e. The lowest BCUT2D eigenvalue weighted by Crippen LogP contribution is -2.49. The van der Waals surface area contributed by atoms with E-state index in [1.165, 1.54) is 42.5 Å². The van der Waals surface area contributed by atoms with Gasteiger partial charge in [-0.3, -0.25) is 9.98 Å². The summed E-state index contributed by atoms with van der Waals surface area (Å²) in [5, 5.41) is 2.43. The van der Waals surface area contributed by atoms with Gasteiger partial charge >= 0.3 is 0 Å². The molecule has 1 aliphatic carbocycles. The molecule has 0 radical (unpaired) electrons. The maximum atomic E-state index is 11.4. The molecule has 2 N–H and O–H groups in total. The van der Waals surface area contributed by atoms with E-state index in [1.54, 1.807) is 12.1 Å². The molecule has 46 heavy (non-hydrogen) atoms. The van der Waals surface area contributed by atoms with Gasteiger partial charge in [0.15, 0.2) is 11.5 Å². The number of rotatable bonds is 17. The van der Waals surface area contributed by atoms with Gasteiger partial charge in [0.05, 0.1) is 4.90 Å². The highest BCUT2D eigenvalue weighted by Crippen LogP contribution is 2.39. The zero-order chi connectivity index (χ0) is 32.2. The van der Waals surface area contributed by atoms with Gasteiger partial charge in [0, 0.05) is 24.7 Å². The van der Waals surface area contributed by atoms with Crippen molar-refractivity contribution >= 4 is 10.1 Å². The van der Waals surface area contributed by atoms with Crippen LogP contribution in [0.5, 0.6) is 11.5 Å². The van der Waals surface area contributed by atoms with E-state index in [0.717, 1.165) is 73.4 Å². The molecule has 0 bridgehead atoms. The molecule has 0 saturated carbocycles. The lowest BCUT2D eigenvalue weighted by Gasteiger charge is -2.36. The van der Waals surface area contributed by atoms with E-state index in [2.05, 4.69) is 53.8 Å². The summed E-state index contributed by atoms with van der Waals surface area (Å²) >= 11 is 0. The summed E-state index contributed by atoms with van der Waals surface area (Å²) < 4.78 is 45.0. The van der Waals surface area contributed by atoms with Crippen molar-refractivity contribution < 1.29 is 22.4 Å². The molecular formula is C38H46N2O5S. The molecule has 1 aliphatic rings. The molecule has 0 aromatic heterocycles. The number of hydrogen-bond donors (Lipinski definition) is 2. The van der Waals surface area contributed by atoms with Crippen LogP contribution in [0.2, 0.25) is 0 Å². The van der Waals surface area contributed by atoms with Gasteiger partial charge in [-0.1, -0.05) is 105 Å². The van der Waals surface area contributed by atoms with Crippen molar-refractivity contribution in [3.8, 4) is 11.5 Å². The SMILES string of the molecule is CCCCCCN(NCCc1ccc(S(=O)(=O)O)cc1)C1CCc2c(ccc(OCc3ccccc3)c2OCc2ccccc2)C1. The molecule has 0 spiro atoms. The fourth-order valence-corrected chi connectivity index (χ4v) is 6.53. The fourth-order valence-electron chi connectivity index (χ4n) is 6.05. The van der Waals surface area contributed by atoms with Gasteiger partial charge in [-0.2, -0.15) is 8.42 Å². The standard InChI is InChI=1S/C38H46N2O5S/c1-2-3-4-11-26-40(39-25-24-30-16-20-35(21-17-30)46(41,42)43)34-19-22-36-33(27-34)18-23-37(44-28-31-12-7-5-8-13-31)38(36)45-29-32-14-9-6-10-15-32/h5-10,12-18,20-21,23,34,39H,2-4,11,19,22,24-29H2,1H3,(H,41,42,43). The second-order valence-corrected chi connectivity index (χ2v) is 13.4. The van der Waals surface area contributed by atoms with Crippen molar-refractivity contribution in [3.63, 3.8) is 0 Å². The van der Waals surface area contributed by atoms with Gasteiger partial charge in [0.25, 0.3) is 10.1 Å². The second-order valence-electron chi connectivity index (χ2n) is 12.0. The number of ether oxygens (including phenoxy) is 2. The van der Waals surface area contributed by atoms with Gasteiger partial charge in [-0.15, -0.1) is 0 Å². The molecule has 0 heterocycles. The summed E-state index contributed by atoms with van der Waals surface area (Å²) in [4.78, 5) is -0.0802. The average Bonchev–Trinajstić information content (AvgIpc) is 3.08. The first-order chi connectivity index (χ1) is 22.4. The van der Waals surface area contributed by atoms with Gasteiger partial charge in [-0.05, 0) is 72.6 Å². The third-order valence-electron chi connectivity index (χ3n) is 8.61. The van der Waals surface area contributed by atoms with E-state index in [4.69, 9.17) is 9.47 Å². The quantitative estimate of drug-likeness (QED) is 0.0698. The van der Waals surface area contributed by atoms with E-state index in [0.29, 0.717) is 19.3 Å². The molecule has 1 unspecified atom stereocenters. The minimum atomic E-state index is -4.19. The first-order valence-electron chi connectivity index (χ1n) is 16.5. The van der Waals surface area contributed by atoms with Crippen LogP contribution in [-0.2, 0) is 42.6 Å². The Bertz CT molecular complexity index is 1610. The van der Waals surface area contributed by atoms with Crippen molar-refractivity contribution in [3.05, 3.63) is 125 Å². The number of fused-ring (bicyclic) bond motifs is 1. The van der Waals surface area contributed by atoms with E-state index in [1.807, 2.05) is 36.4 Å². The van der Waals surface area contributed by atoms with Crippen LogP contribution >= 0.6 is 0 Å². The molecule has 8 heteroatoms. The Kier molecular flexibility index (Phi) is 12.3. The summed E-state index contributed by atoms with van der Waals surface area (Å²) in [5.74, 6) is 1.64. The third-order valence-corrected chi connectivity index (χ3v) is 9.48. The Morgan fingerprint density at radius 3 is 2.13 bits per heavy atom. The summed E-state index contributed by atoms with van der Waals surface area (Å²) in [7, 11) is -4.19. The van der Waals surface area contributed by atoms with Crippen molar-refractivity contribution in [2.24, 2.45) is 0 Å². The predicted octanol–water partition coefficient (Wildman–Crippen LogP) is 7.58. The zero-order valence-corrected chi connectivity index (χ0v) is 27.6. The van der Waals surface area contributed by atoms with E-state index < -0.39 is 10.1 Å². The van der Waals surface area contributed by atoms with Crippen LogP contribution in [-0.4, -0.2) is 37.1 Å². The Balaban J connectivity index is 1.29. The highest BCUT2D eigenvalue weighted by Gasteiger charge is 2.28. The van der Waals surface area contributed by atoms with Crippen LogP contribution in [0.25, 0.3) is 0 Å². The maximum Gasteiger partial charge on any atom is 0.294 e. The lowest BCUT2D eigenvalue weighted by atomic mass is 9.87. The van der Waals surface area contributed by atoms with Crippen molar-refractivity contribution in [1.82, 2.24) is 10.4 Å². The van der Waals surface area contributed by atoms with Crippen LogP contribution < -0.4 is 14.9 Å². The molecule has 0 saturated heterocycles. The molecule has 5 rings (SSSR count). The predicted molar refractivity (Wildman–Crippen MR) is 183 cm³/mol. The van der Waals surface area contributed by atoms with Crippen molar-refractivity contribution in [2.75, 3.05) is 13.1 Å². The lowest BCUT2D eigenvalue weighted by molar-refractivity contribution is 0.109. The normalized spacial score (nSPS) is 14.6. The molecule has 4 aromatic rings. The molecule has 0 aliphatic heterocycles. The molecule has 0 amide bonds.